The first-order valence-corrected chi connectivity index (χ1v) is 3.66. The Bertz CT molecular complexity index is 78.9. The second-order valence-corrected chi connectivity index (χ2v) is 3.34. The van der Waals surface area contributed by atoms with E-state index < -0.39 is 0 Å². The lowest BCUT2D eigenvalue weighted by Gasteiger charge is -2.23. The maximum absolute atomic E-state index is 3.46. The Morgan fingerprint density at radius 3 is 2.78 bits per heavy atom. The van der Waals surface area contributed by atoms with Gasteiger partial charge in [-0.05, 0) is 33.4 Å². The van der Waals surface area contributed by atoms with Gasteiger partial charge in [0.2, 0.25) is 0 Å². The van der Waals surface area contributed by atoms with Gasteiger partial charge in [-0.2, -0.15) is 0 Å². The minimum atomic E-state index is 0.302. The van der Waals surface area contributed by atoms with Crippen molar-refractivity contribution >= 4 is 0 Å². The van der Waals surface area contributed by atoms with Gasteiger partial charge in [-0.3, -0.25) is 0 Å². The predicted octanol–water partition coefficient (Wildman–Crippen LogP) is 0.348. The Morgan fingerprint density at radius 1 is 1.22 bits per heavy atom. The maximum Gasteiger partial charge on any atom is 0.0249 e. The Balaban J connectivity index is 2.36. The van der Waals surface area contributed by atoms with E-state index in [2.05, 4.69) is 24.5 Å². The summed E-state index contributed by atoms with van der Waals surface area (Å²) in [5.74, 6) is 0. The molecule has 0 aromatic heterocycles. The number of hydrogen-bond acceptors (Lipinski definition) is 2. The van der Waals surface area contributed by atoms with Gasteiger partial charge in [0.15, 0.2) is 0 Å². The molecule has 1 aliphatic rings. The van der Waals surface area contributed by atoms with Crippen LogP contribution in [-0.4, -0.2) is 25.2 Å². The van der Waals surface area contributed by atoms with Gasteiger partial charge in [0, 0.05) is 12.1 Å². The van der Waals surface area contributed by atoms with Crippen LogP contribution in [0.5, 0.6) is 0 Å². The van der Waals surface area contributed by atoms with Crippen LogP contribution in [0.4, 0.5) is 0 Å². The zero-order valence-corrected chi connectivity index (χ0v) is 6.33. The van der Waals surface area contributed by atoms with E-state index in [0.29, 0.717) is 5.54 Å². The zero-order chi connectivity index (χ0) is 6.74. The van der Waals surface area contributed by atoms with Crippen LogP contribution in [0.25, 0.3) is 0 Å². The fraction of sp³-hybridized carbons (Fsp3) is 1.00. The van der Waals surface area contributed by atoms with Gasteiger partial charge in [0.05, 0.1) is 0 Å². The van der Waals surface area contributed by atoms with Crippen molar-refractivity contribution in [2.75, 3.05) is 19.6 Å². The summed E-state index contributed by atoms with van der Waals surface area (Å²) < 4.78 is 0. The van der Waals surface area contributed by atoms with Crippen molar-refractivity contribution in [3.63, 3.8) is 0 Å². The van der Waals surface area contributed by atoms with Gasteiger partial charge in [-0.1, -0.05) is 0 Å². The van der Waals surface area contributed by atoms with Gasteiger partial charge in [0.1, 0.15) is 0 Å². The smallest absolute Gasteiger partial charge is 0.0249 e. The zero-order valence-electron chi connectivity index (χ0n) is 6.33. The van der Waals surface area contributed by atoms with Crippen LogP contribution in [0.1, 0.15) is 20.3 Å². The molecule has 0 saturated carbocycles. The summed E-state index contributed by atoms with van der Waals surface area (Å²) in [5, 5.41) is 6.83. The highest BCUT2D eigenvalue weighted by Gasteiger charge is 2.17. The molecule has 2 heteroatoms. The van der Waals surface area contributed by atoms with Crippen molar-refractivity contribution in [2.45, 2.75) is 25.8 Å². The molecule has 0 aromatic carbocycles. The fourth-order valence-electron chi connectivity index (χ4n) is 1.10. The van der Waals surface area contributed by atoms with E-state index in [1.165, 1.54) is 6.42 Å². The summed E-state index contributed by atoms with van der Waals surface area (Å²) in [6, 6.07) is 0. The molecule has 2 nitrogen and oxygen atoms in total. The molecule has 54 valence electrons. The molecule has 0 aromatic rings. The molecule has 0 spiro atoms. The second-order valence-electron chi connectivity index (χ2n) is 3.34. The summed E-state index contributed by atoms with van der Waals surface area (Å²) in [5.41, 5.74) is 0.302. The summed E-state index contributed by atoms with van der Waals surface area (Å²) >= 11 is 0. The Morgan fingerprint density at radius 2 is 2.00 bits per heavy atom. The molecule has 1 aliphatic heterocycles. The topological polar surface area (TPSA) is 24.1 Å². The van der Waals surface area contributed by atoms with E-state index in [4.69, 9.17) is 0 Å². The van der Waals surface area contributed by atoms with Crippen molar-refractivity contribution in [1.29, 1.82) is 0 Å². The molecule has 0 aliphatic carbocycles. The molecule has 0 bridgehead atoms. The first-order chi connectivity index (χ1) is 4.21. The molecule has 1 fully saturated rings. The third kappa shape index (κ3) is 2.33. The van der Waals surface area contributed by atoms with Gasteiger partial charge < -0.3 is 10.6 Å². The number of nitrogens with one attached hydrogen (secondary N) is 2. The van der Waals surface area contributed by atoms with Crippen LogP contribution in [0.2, 0.25) is 0 Å². The van der Waals surface area contributed by atoms with Gasteiger partial charge in [0.25, 0.3) is 0 Å². The van der Waals surface area contributed by atoms with Gasteiger partial charge >= 0.3 is 0 Å². The van der Waals surface area contributed by atoms with Crippen molar-refractivity contribution in [3.8, 4) is 0 Å². The predicted molar refractivity (Wildman–Crippen MR) is 39.6 cm³/mol. The number of rotatable bonds is 0. The average molecular weight is 128 g/mol. The summed E-state index contributed by atoms with van der Waals surface area (Å²) in [6.45, 7) is 7.86. The Hall–Kier alpha value is -0.0800. The highest BCUT2D eigenvalue weighted by atomic mass is 15.0. The molecular formula is C7H16N2. The van der Waals surface area contributed by atoms with E-state index in [1.54, 1.807) is 0 Å². The monoisotopic (exact) mass is 128 g/mol. The fourth-order valence-corrected chi connectivity index (χ4v) is 1.10. The van der Waals surface area contributed by atoms with Crippen molar-refractivity contribution < 1.29 is 0 Å². The molecule has 0 atom stereocenters. The van der Waals surface area contributed by atoms with Crippen LogP contribution >= 0.6 is 0 Å². The maximum atomic E-state index is 3.46. The molecule has 2 N–H and O–H groups in total. The molecule has 1 rings (SSSR count). The quantitative estimate of drug-likeness (QED) is 0.492. The van der Waals surface area contributed by atoms with Crippen LogP contribution in [-0.2, 0) is 0 Å². The third-order valence-electron chi connectivity index (χ3n) is 1.70. The normalized spacial score (nSPS) is 27.3. The standard InChI is InChI=1S/C7H16N2/c1-7(2)6-8-4-3-5-9-7/h8-9H,3-6H2,1-2H3. The average Bonchev–Trinajstić information content (AvgIpc) is 1.92. The second kappa shape index (κ2) is 2.67. The highest BCUT2D eigenvalue weighted by molar-refractivity contribution is 4.82. The highest BCUT2D eigenvalue weighted by Crippen LogP contribution is 2.01. The van der Waals surface area contributed by atoms with Crippen LogP contribution in [0.3, 0.4) is 0 Å². The van der Waals surface area contributed by atoms with Crippen molar-refractivity contribution in [2.24, 2.45) is 0 Å². The SMILES string of the molecule is CC1(C)CNCCCN1. The van der Waals surface area contributed by atoms with E-state index in [9.17, 15) is 0 Å². The number of hydrogen-bond donors (Lipinski definition) is 2. The molecule has 1 heterocycles. The first-order valence-electron chi connectivity index (χ1n) is 3.66. The van der Waals surface area contributed by atoms with E-state index in [1.807, 2.05) is 0 Å². The summed E-state index contributed by atoms with van der Waals surface area (Å²) in [7, 11) is 0. The van der Waals surface area contributed by atoms with Gasteiger partial charge in [-0.25, -0.2) is 0 Å². The minimum absolute atomic E-state index is 0.302. The van der Waals surface area contributed by atoms with E-state index in [-0.39, 0.29) is 0 Å². The van der Waals surface area contributed by atoms with Crippen molar-refractivity contribution in [1.82, 2.24) is 10.6 Å². The van der Waals surface area contributed by atoms with Crippen LogP contribution < -0.4 is 10.6 Å². The lowest BCUT2D eigenvalue weighted by atomic mass is 10.1. The minimum Gasteiger partial charge on any atom is -0.315 e. The third-order valence-corrected chi connectivity index (χ3v) is 1.70. The lowest BCUT2D eigenvalue weighted by Crippen LogP contribution is -2.44. The molecule has 0 amide bonds. The molecule has 1 saturated heterocycles. The molecule has 9 heavy (non-hydrogen) atoms. The summed E-state index contributed by atoms with van der Waals surface area (Å²) in [4.78, 5) is 0. The molecule has 0 unspecified atom stereocenters. The van der Waals surface area contributed by atoms with Gasteiger partial charge in [-0.15, -0.1) is 0 Å². The molecule has 0 radical (unpaired) electrons. The van der Waals surface area contributed by atoms with Crippen LogP contribution in [0, 0.1) is 0 Å². The van der Waals surface area contributed by atoms with E-state index in [0.717, 1.165) is 19.6 Å². The van der Waals surface area contributed by atoms with E-state index >= 15 is 0 Å². The van der Waals surface area contributed by atoms with Crippen molar-refractivity contribution in [3.05, 3.63) is 0 Å². The Labute approximate surface area is 57.0 Å². The lowest BCUT2D eigenvalue weighted by molar-refractivity contribution is 0.402. The largest absolute Gasteiger partial charge is 0.315 e. The summed E-state index contributed by atoms with van der Waals surface area (Å²) in [6.07, 6.45) is 1.25. The first kappa shape index (κ1) is 7.03. The Kier molecular flexibility index (Phi) is 2.09. The van der Waals surface area contributed by atoms with Crippen LogP contribution in [0.15, 0.2) is 0 Å². The molecular weight excluding hydrogens is 112 g/mol.